The summed E-state index contributed by atoms with van der Waals surface area (Å²) in [5.74, 6) is 0.393. The molecule has 0 radical (unpaired) electrons. The summed E-state index contributed by atoms with van der Waals surface area (Å²) in [6, 6.07) is 2.06. The molecule has 4 heteroatoms. The summed E-state index contributed by atoms with van der Waals surface area (Å²) in [4.78, 5) is 0. The van der Waals surface area contributed by atoms with Crippen molar-refractivity contribution in [1.82, 2.24) is 15.1 Å². The first-order valence-corrected chi connectivity index (χ1v) is 6.05. The Bertz CT molecular complexity index is 342. The summed E-state index contributed by atoms with van der Waals surface area (Å²) < 4.78 is 1.87. The van der Waals surface area contributed by atoms with Crippen LogP contribution in [0.15, 0.2) is 6.07 Å². The van der Waals surface area contributed by atoms with Gasteiger partial charge in [0.25, 0.3) is 0 Å². The fourth-order valence-electron chi connectivity index (χ4n) is 2.44. The minimum absolute atomic E-state index is 0.248. The van der Waals surface area contributed by atoms with Crippen molar-refractivity contribution in [2.24, 2.45) is 13.0 Å². The number of hydrogen-bond donors (Lipinski definition) is 2. The Morgan fingerprint density at radius 3 is 3.06 bits per heavy atom. The molecule has 90 valence electrons. The molecule has 0 amide bonds. The summed E-state index contributed by atoms with van der Waals surface area (Å²) >= 11 is 0. The molecule has 0 aromatic carbocycles. The molecule has 1 saturated heterocycles. The van der Waals surface area contributed by atoms with Crippen molar-refractivity contribution in [3.8, 4) is 0 Å². The van der Waals surface area contributed by atoms with E-state index in [9.17, 15) is 5.11 Å². The first-order chi connectivity index (χ1) is 7.66. The standard InChI is InChI=1S/C12H21N3O/c1-9-6-11(15(2)14-9)7-12(16)10-4-3-5-13-8-10/h6,10,12-13,16H,3-5,7-8H2,1-2H3. The van der Waals surface area contributed by atoms with E-state index in [4.69, 9.17) is 0 Å². The van der Waals surface area contributed by atoms with Gasteiger partial charge in [0.1, 0.15) is 0 Å². The van der Waals surface area contributed by atoms with Gasteiger partial charge in [-0.15, -0.1) is 0 Å². The summed E-state index contributed by atoms with van der Waals surface area (Å²) in [7, 11) is 1.94. The number of aromatic nitrogens is 2. The van der Waals surface area contributed by atoms with Crippen LogP contribution in [0.5, 0.6) is 0 Å². The van der Waals surface area contributed by atoms with Gasteiger partial charge in [-0.25, -0.2) is 0 Å². The Morgan fingerprint density at radius 1 is 1.69 bits per heavy atom. The minimum atomic E-state index is -0.248. The maximum absolute atomic E-state index is 10.2. The number of rotatable bonds is 3. The number of aliphatic hydroxyl groups excluding tert-OH is 1. The molecule has 0 spiro atoms. The quantitative estimate of drug-likeness (QED) is 0.790. The molecule has 2 heterocycles. The van der Waals surface area contributed by atoms with Crippen LogP contribution in [0, 0.1) is 12.8 Å². The molecule has 1 fully saturated rings. The van der Waals surface area contributed by atoms with Crippen molar-refractivity contribution in [3.63, 3.8) is 0 Å². The molecule has 16 heavy (non-hydrogen) atoms. The molecule has 2 unspecified atom stereocenters. The van der Waals surface area contributed by atoms with Crippen molar-refractivity contribution in [2.75, 3.05) is 13.1 Å². The van der Waals surface area contributed by atoms with Gasteiger partial charge in [0.05, 0.1) is 11.8 Å². The largest absolute Gasteiger partial charge is 0.392 e. The van der Waals surface area contributed by atoms with Crippen LogP contribution in [0.4, 0.5) is 0 Å². The lowest BCUT2D eigenvalue weighted by Crippen LogP contribution is -2.37. The third kappa shape index (κ3) is 2.62. The van der Waals surface area contributed by atoms with E-state index in [1.807, 2.05) is 18.7 Å². The molecular weight excluding hydrogens is 202 g/mol. The Balaban J connectivity index is 1.95. The van der Waals surface area contributed by atoms with Crippen molar-refractivity contribution < 1.29 is 5.11 Å². The van der Waals surface area contributed by atoms with Gasteiger partial charge in [-0.1, -0.05) is 0 Å². The van der Waals surface area contributed by atoms with Crippen LogP contribution in [-0.2, 0) is 13.5 Å². The molecule has 1 aliphatic heterocycles. The van der Waals surface area contributed by atoms with Gasteiger partial charge >= 0.3 is 0 Å². The zero-order valence-electron chi connectivity index (χ0n) is 10.1. The predicted molar refractivity (Wildman–Crippen MR) is 63.2 cm³/mol. The van der Waals surface area contributed by atoms with Gasteiger partial charge in [-0.2, -0.15) is 5.10 Å². The van der Waals surface area contributed by atoms with E-state index < -0.39 is 0 Å². The summed E-state index contributed by atoms with van der Waals surface area (Å²) in [5, 5.41) is 17.8. The number of aliphatic hydroxyl groups is 1. The van der Waals surface area contributed by atoms with Crippen molar-refractivity contribution in [3.05, 3.63) is 17.5 Å². The Kier molecular flexibility index (Phi) is 3.61. The highest BCUT2D eigenvalue weighted by molar-refractivity contribution is 5.09. The van der Waals surface area contributed by atoms with E-state index in [-0.39, 0.29) is 6.10 Å². The number of hydrogen-bond acceptors (Lipinski definition) is 3. The van der Waals surface area contributed by atoms with E-state index in [1.54, 1.807) is 0 Å². The lowest BCUT2D eigenvalue weighted by molar-refractivity contribution is 0.0905. The second-order valence-electron chi connectivity index (χ2n) is 4.78. The maximum atomic E-state index is 10.2. The van der Waals surface area contributed by atoms with Gasteiger partial charge in [0.15, 0.2) is 0 Å². The van der Waals surface area contributed by atoms with E-state index in [1.165, 1.54) is 6.42 Å². The molecule has 0 bridgehead atoms. The zero-order chi connectivity index (χ0) is 11.5. The van der Waals surface area contributed by atoms with Crippen LogP contribution in [0.25, 0.3) is 0 Å². The fraction of sp³-hybridized carbons (Fsp3) is 0.750. The predicted octanol–water partition coefficient (Wildman–Crippen LogP) is 0.632. The first kappa shape index (κ1) is 11.6. The smallest absolute Gasteiger partial charge is 0.0635 e. The first-order valence-electron chi connectivity index (χ1n) is 6.05. The number of nitrogens with one attached hydrogen (secondary N) is 1. The average Bonchev–Trinajstić information content (AvgIpc) is 2.59. The van der Waals surface area contributed by atoms with Gasteiger partial charge < -0.3 is 10.4 Å². The highest BCUT2D eigenvalue weighted by Gasteiger charge is 2.22. The van der Waals surface area contributed by atoms with E-state index in [2.05, 4.69) is 16.5 Å². The second-order valence-corrected chi connectivity index (χ2v) is 4.78. The molecule has 1 aliphatic rings. The molecule has 2 N–H and O–H groups in total. The number of nitrogens with zero attached hydrogens (tertiary/aromatic N) is 2. The zero-order valence-corrected chi connectivity index (χ0v) is 10.1. The van der Waals surface area contributed by atoms with Crippen LogP contribution in [0.2, 0.25) is 0 Å². The van der Waals surface area contributed by atoms with Crippen LogP contribution in [0.1, 0.15) is 24.2 Å². The minimum Gasteiger partial charge on any atom is -0.392 e. The summed E-state index contributed by atoms with van der Waals surface area (Å²) in [6.07, 6.45) is 2.77. The fourth-order valence-corrected chi connectivity index (χ4v) is 2.44. The lowest BCUT2D eigenvalue weighted by Gasteiger charge is -2.27. The highest BCUT2D eigenvalue weighted by Crippen LogP contribution is 2.18. The molecule has 1 aromatic heterocycles. The molecule has 0 saturated carbocycles. The van der Waals surface area contributed by atoms with E-state index in [0.717, 1.165) is 30.9 Å². The molecule has 1 aromatic rings. The average molecular weight is 223 g/mol. The van der Waals surface area contributed by atoms with Crippen LogP contribution in [-0.4, -0.2) is 34.1 Å². The third-order valence-electron chi connectivity index (χ3n) is 3.40. The summed E-state index contributed by atoms with van der Waals surface area (Å²) in [6.45, 7) is 4.02. The molecule has 0 aliphatic carbocycles. The summed E-state index contributed by atoms with van der Waals surface area (Å²) in [5.41, 5.74) is 2.14. The highest BCUT2D eigenvalue weighted by atomic mass is 16.3. The number of piperidine rings is 1. The molecule has 4 nitrogen and oxygen atoms in total. The van der Waals surface area contributed by atoms with Gasteiger partial charge in [-0.05, 0) is 38.3 Å². The van der Waals surface area contributed by atoms with Crippen molar-refractivity contribution in [1.29, 1.82) is 0 Å². The molecule has 2 atom stereocenters. The van der Waals surface area contributed by atoms with Gasteiger partial charge in [0.2, 0.25) is 0 Å². The normalized spacial score (nSPS) is 23.3. The third-order valence-corrected chi connectivity index (χ3v) is 3.40. The number of aryl methyl sites for hydroxylation is 2. The van der Waals surface area contributed by atoms with Crippen molar-refractivity contribution >= 4 is 0 Å². The van der Waals surface area contributed by atoms with E-state index in [0.29, 0.717) is 12.3 Å². The Morgan fingerprint density at radius 2 is 2.50 bits per heavy atom. The maximum Gasteiger partial charge on any atom is 0.0635 e. The van der Waals surface area contributed by atoms with Crippen LogP contribution < -0.4 is 5.32 Å². The van der Waals surface area contributed by atoms with E-state index >= 15 is 0 Å². The van der Waals surface area contributed by atoms with Crippen molar-refractivity contribution in [2.45, 2.75) is 32.3 Å². The topological polar surface area (TPSA) is 50.1 Å². The lowest BCUT2D eigenvalue weighted by atomic mass is 9.91. The van der Waals surface area contributed by atoms with Crippen LogP contribution in [0.3, 0.4) is 0 Å². The monoisotopic (exact) mass is 223 g/mol. The SMILES string of the molecule is Cc1cc(CC(O)C2CCCNC2)n(C)n1. The van der Waals surface area contributed by atoms with Crippen LogP contribution >= 0.6 is 0 Å². The Hall–Kier alpha value is -0.870. The van der Waals surface area contributed by atoms with Gasteiger partial charge in [0, 0.05) is 25.7 Å². The molecular formula is C12H21N3O. The van der Waals surface area contributed by atoms with Gasteiger partial charge in [-0.3, -0.25) is 4.68 Å². The Labute approximate surface area is 96.7 Å². The second kappa shape index (κ2) is 4.97. The molecule has 2 rings (SSSR count).